The van der Waals surface area contributed by atoms with Gasteiger partial charge in [-0.3, -0.25) is 0 Å². The molecular weight excluding hydrogens is 465 g/mol. The zero-order valence-electron chi connectivity index (χ0n) is 20.0. The Kier molecular flexibility index (Phi) is 10.2. The lowest BCUT2D eigenvalue weighted by molar-refractivity contribution is -0.157. The van der Waals surface area contributed by atoms with Gasteiger partial charge in [0.1, 0.15) is 17.5 Å². The highest BCUT2D eigenvalue weighted by molar-refractivity contribution is 5.82. The molecule has 2 aromatic carbocycles. The molecule has 0 aliphatic heterocycles. The van der Waals surface area contributed by atoms with Crippen LogP contribution in [0.3, 0.4) is 0 Å². The number of carboxylic acids is 1. The van der Waals surface area contributed by atoms with Gasteiger partial charge in [-0.1, -0.05) is 30.3 Å². The van der Waals surface area contributed by atoms with Gasteiger partial charge in [0.15, 0.2) is 0 Å². The molecule has 1 atom stereocenters. The first-order chi connectivity index (χ1) is 16.5. The van der Waals surface area contributed by atoms with E-state index in [1.54, 1.807) is 12.1 Å². The molecule has 0 radical (unpaired) electrons. The molecule has 192 valence electrons. The van der Waals surface area contributed by atoms with Crippen LogP contribution in [-0.2, 0) is 17.8 Å². The van der Waals surface area contributed by atoms with Crippen molar-refractivity contribution in [1.29, 1.82) is 0 Å². The fourth-order valence-electron chi connectivity index (χ4n) is 3.65. The van der Waals surface area contributed by atoms with Crippen LogP contribution >= 0.6 is 0 Å². The van der Waals surface area contributed by atoms with Crippen molar-refractivity contribution in [2.24, 2.45) is 0 Å². The summed E-state index contributed by atoms with van der Waals surface area (Å²) < 4.78 is 49.2. The van der Waals surface area contributed by atoms with Gasteiger partial charge in [0, 0.05) is 18.7 Å². The van der Waals surface area contributed by atoms with E-state index in [0.29, 0.717) is 23.5 Å². The highest BCUT2D eigenvalue weighted by Gasteiger charge is 2.37. The highest BCUT2D eigenvalue weighted by Crippen LogP contribution is 2.30. The van der Waals surface area contributed by atoms with Crippen LogP contribution < -0.4 is 14.8 Å². The van der Waals surface area contributed by atoms with Gasteiger partial charge >= 0.3 is 18.2 Å². The van der Waals surface area contributed by atoms with Gasteiger partial charge in [-0.15, -0.1) is 0 Å². The number of amides is 2. The summed E-state index contributed by atoms with van der Waals surface area (Å²) in [6.07, 6.45) is -4.33. The van der Waals surface area contributed by atoms with E-state index in [1.165, 1.54) is 19.1 Å². The number of halogens is 3. The standard InChI is InChI=1S/C25H31F3N2O5/c1-17-21(34-2)13-19(14-22(17)35-3)16-30(12-8-7-11-18-9-5-4-6-10-18)24(33)29-20(23(31)32)15-25(26,27)28/h4-6,9-10,13-14,20H,7-8,11-12,15-16H2,1-3H3,(H,29,33)(H,31,32). The maximum atomic E-state index is 12.9. The van der Waals surface area contributed by atoms with Crippen LogP contribution in [0.5, 0.6) is 11.5 Å². The Morgan fingerprint density at radius 1 is 1.03 bits per heavy atom. The Morgan fingerprint density at radius 2 is 1.63 bits per heavy atom. The molecule has 2 amide bonds. The number of nitrogens with zero attached hydrogens (tertiary/aromatic N) is 1. The third-order valence-corrected chi connectivity index (χ3v) is 5.49. The number of ether oxygens (including phenoxy) is 2. The molecule has 0 heterocycles. The SMILES string of the molecule is COc1cc(CN(CCCCc2ccccc2)C(=O)NC(CC(F)(F)F)C(=O)O)cc(OC)c1C. The Bertz CT molecular complexity index is 958. The minimum atomic E-state index is -4.74. The van der Waals surface area contributed by atoms with Gasteiger partial charge < -0.3 is 24.8 Å². The van der Waals surface area contributed by atoms with Crippen molar-refractivity contribution in [1.82, 2.24) is 10.2 Å². The molecule has 0 aliphatic rings. The summed E-state index contributed by atoms with van der Waals surface area (Å²) >= 11 is 0. The molecule has 35 heavy (non-hydrogen) atoms. The van der Waals surface area contributed by atoms with Crippen LogP contribution in [0, 0.1) is 6.92 Å². The Balaban J connectivity index is 2.19. The summed E-state index contributed by atoms with van der Waals surface area (Å²) in [5, 5.41) is 11.2. The predicted molar refractivity (Wildman–Crippen MR) is 125 cm³/mol. The minimum Gasteiger partial charge on any atom is -0.496 e. The van der Waals surface area contributed by atoms with Crippen molar-refractivity contribution in [3.05, 3.63) is 59.2 Å². The lowest BCUT2D eigenvalue weighted by Crippen LogP contribution is -2.49. The number of methoxy groups -OCH3 is 2. The second-order valence-corrected chi connectivity index (χ2v) is 8.15. The number of benzene rings is 2. The van der Waals surface area contributed by atoms with E-state index in [4.69, 9.17) is 9.47 Å². The number of hydrogen-bond donors (Lipinski definition) is 2. The van der Waals surface area contributed by atoms with E-state index >= 15 is 0 Å². The van der Waals surface area contributed by atoms with Crippen LogP contribution in [0.15, 0.2) is 42.5 Å². The molecule has 0 bridgehead atoms. The largest absolute Gasteiger partial charge is 0.496 e. The summed E-state index contributed by atoms with van der Waals surface area (Å²) in [5.41, 5.74) is 2.52. The van der Waals surface area contributed by atoms with Gasteiger partial charge in [-0.05, 0) is 49.4 Å². The molecule has 0 spiro atoms. The van der Waals surface area contributed by atoms with Crippen molar-refractivity contribution in [2.45, 2.75) is 51.4 Å². The Hall–Kier alpha value is -3.43. The number of aryl methyl sites for hydroxylation is 1. The van der Waals surface area contributed by atoms with E-state index < -0.39 is 30.6 Å². The topological polar surface area (TPSA) is 88.1 Å². The summed E-state index contributed by atoms with van der Waals surface area (Å²) in [4.78, 5) is 25.6. The minimum absolute atomic E-state index is 0.0303. The third kappa shape index (κ3) is 9.03. The first-order valence-corrected chi connectivity index (χ1v) is 11.1. The fraction of sp³-hybridized carbons (Fsp3) is 0.440. The van der Waals surface area contributed by atoms with E-state index in [2.05, 4.69) is 0 Å². The zero-order valence-corrected chi connectivity index (χ0v) is 20.0. The summed E-state index contributed by atoms with van der Waals surface area (Å²) in [6, 6.07) is 10.2. The van der Waals surface area contributed by atoms with Crippen molar-refractivity contribution >= 4 is 12.0 Å². The number of unbranched alkanes of at least 4 members (excludes halogenated alkanes) is 1. The van der Waals surface area contributed by atoms with Crippen LogP contribution in [0.25, 0.3) is 0 Å². The Labute approximate surface area is 202 Å². The highest BCUT2D eigenvalue weighted by atomic mass is 19.4. The van der Waals surface area contributed by atoms with Gasteiger partial charge in [0.25, 0.3) is 0 Å². The zero-order chi connectivity index (χ0) is 26.0. The molecule has 0 saturated heterocycles. The van der Waals surface area contributed by atoms with Crippen molar-refractivity contribution in [2.75, 3.05) is 20.8 Å². The van der Waals surface area contributed by atoms with Crippen molar-refractivity contribution in [3.8, 4) is 11.5 Å². The molecule has 2 rings (SSSR count). The second-order valence-electron chi connectivity index (χ2n) is 8.15. The van der Waals surface area contributed by atoms with Crippen molar-refractivity contribution in [3.63, 3.8) is 0 Å². The molecule has 0 saturated carbocycles. The monoisotopic (exact) mass is 496 g/mol. The molecule has 2 N–H and O–H groups in total. The van der Waals surface area contributed by atoms with Gasteiger partial charge in [-0.2, -0.15) is 13.2 Å². The Morgan fingerprint density at radius 3 is 2.14 bits per heavy atom. The van der Waals surface area contributed by atoms with Gasteiger partial charge in [-0.25, -0.2) is 9.59 Å². The average molecular weight is 497 g/mol. The molecule has 0 fully saturated rings. The fourth-order valence-corrected chi connectivity index (χ4v) is 3.65. The van der Waals surface area contributed by atoms with E-state index in [1.807, 2.05) is 42.6 Å². The second kappa shape index (κ2) is 12.9. The van der Waals surface area contributed by atoms with E-state index in [9.17, 15) is 27.9 Å². The number of aliphatic carboxylic acids is 1. The smallest absolute Gasteiger partial charge is 0.391 e. The number of carbonyl (C=O) groups is 2. The molecule has 2 aromatic rings. The number of hydrogen-bond acceptors (Lipinski definition) is 4. The molecule has 1 unspecified atom stereocenters. The van der Waals surface area contributed by atoms with Crippen LogP contribution in [-0.4, -0.2) is 55.0 Å². The third-order valence-electron chi connectivity index (χ3n) is 5.49. The van der Waals surface area contributed by atoms with Crippen LogP contribution in [0.1, 0.15) is 36.0 Å². The number of rotatable bonds is 12. The summed E-state index contributed by atoms with van der Waals surface area (Å²) in [5.74, 6) is -0.688. The van der Waals surface area contributed by atoms with E-state index in [0.717, 1.165) is 24.0 Å². The molecule has 7 nitrogen and oxygen atoms in total. The lowest BCUT2D eigenvalue weighted by atomic mass is 10.1. The van der Waals surface area contributed by atoms with Crippen molar-refractivity contribution < 1.29 is 37.3 Å². The summed E-state index contributed by atoms with van der Waals surface area (Å²) in [6.45, 7) is 2.06. The maximum absolute atomic E-state index is 12.9. The number of carbonyl (C=O) groups excluding carboxylic acids is 1. The number of urea groups is 1. The number of nitrogens with one attached hydrogen (secondary N) is 1. The first-order valence-electron chi connectivity index (χ1n) is 11.1. The van der Waals surface area contributed by atoms with Gasteiger partial charge in [0.2, 0.25) is 0 Å². The average Bonchev–Trinajstić information content (AvgIpc) is 2.81. The van der Waals surface area contributed by atoms with Gasteiger partial charge in [0.05, 0.1) is 20.6 Å². The lowest BCUT2D eigenvalue weighted by Gasteiger charge is -2.26. The molecule has 10 heteroatoms. The van der Waals surface area contributed by atoms with E-state index in [-0.39, 0.29) is 13.1 Å². The van der Waals surface area contributed by atoms with Crippen LogP contribution in [0.2, 0.25) is 0 Å². The van der Waals surface area contributed by atoms with Crippen LogP contribution in [0.4, 0.5) is 18.0 Å². The molecule has 0 aromatic heterocycles. The maximum Gasteiger partial charge on any atom is 0.391 e. The quantitative estimate of drug-likeness (QED) is 0.406. The molecule has 0 aliphatic carbocycles. The first kappa shape index (κ1) is 27.8. The number of carboxylic acid groups (broad SMARTS) is 1. The number of alkyl halides is 3. The molecular formula is C25H31F3N2O5. The summed E-state index contributed by atoms with van der Waals surface area (Å²) in [7, 11) is 2.99. The normalized spacial score (nSPS) is 12.1. The predicted octanol–water partition coefficient (Wildman–Crippen LogP) is 4.95.